The lowest BCUT2D eigenvalue weighted by Gasteiger charge is -2.25. The summed E-state index contributed by atoms with van der Waals surface area (Å²) in [5.74, 6) is 1.12. The summed E-state index contributed by atoms with van der Waals surface area (Å²) in [6.07, 6.45) is 1.99. The van der Waals surface area contributed by atoms with Crippen LogP contribution in [0.25, 0.3) is 0 Å². The number of benzene rings is 2. The Kier molecular flexibility index (Phi) is 6.30. The Morgan fingerprint density at radius 3 is 2.48 bits per heavy atom. The number of carbonyl (C=O) groups excluding carboxylic acids is 2. The first-order chi connectivity index (χ1) is 16.0. The number of ether oxygens (including phenoxy) is 2. The minimum absolute atomic E-state index is 0.0251. The van der Waals surface area contributed by atoms with Gasteiger partial charge in [-0.1, -0.05) is 24.3 Å². The van der Waals surface area contributed by atoms with Gasteiger partial charge in [-0.2, -0.15) is 0 Å². The number of rotatable bonds is 3. The summed E-state index contributed by atoms with van der Waals surface area (Å²) in [7, 11) is 0. The second-order valence-electron chi connectivity index (χ2n) is 9.22. The Balaban J connectivity index is 1.41. The highest BCUT2D eigenvalue weighted by Crippen LogP contribution is 2.30. The van der Waals surface area contributed by atoms with Gasteiger partial charge in [0.05, 0.1) is 31.8 Å². The SMILES string of the molecule is NC(=O)CN1C[C@@H]2NC(=O)CN(C3CC3)Cc3cccc(c3)Oc3cccc(c3)CO[C@H]2C1. The number of carbonyl (C=O) groups is 2. The van der Waals surface area contributed by atoms with Gasteiger partial charge in [0, 0.05) is 25.7 Å². The molecule has 1 saturated heterocycles. The summed E-state index contributed by atoms with van der Waals surface area (Å²) in [6.45, 7) is 2.63. The van der Waals surface area contributed by atoms with Crippen molar-refractivity contribution in [1.82, 2.24) is 15.1 Å². The van der Waals surface area contributed by atoms with Crippen LogP contribution < -0.4 is 15.8 Å². The van der Waals surface area contributed by atoms with E-state index in [-0.39, 0.29) is 30.5 Å². The molecule has 4 bridgehead atoms. The Labute approximate surface area is 193 Å². The van der Waals surface area contributed by atoms with Crippen molar-refractivity contribution in [3.05, 3.63) is 59.7 Å². The van der Waals surface area contributed by atoms with Gasteiger partial charge in [-0.25, -0.2) is 0 Å². The maximum absolute atomic E-state index is 13.0. The van der Waals surface area contributed by atoms with Gasteiger partial charge in [-0.3, -0.25) is 19.4 Å². The molecule has 2 heterocycles. The average molecular weight is 451 g/mol. The maximum Gasteiger partial charge on any atom is 0.234 e. The lowest BCUT2D eigenvalue weighted by atomic mass is 10.1. The number of likely N-dealkylation sites (tertiary alicyclic amines) is 1. The van der Waals surface area contributed by atoms with Crippen molar-refractivity contribution in [3.63, 3.8) is 0 Å². The van der Waals surface area contributed by atoms with E-state index in [1.54, 1.807) is 0 Å². The Morgan fingerprint density at radius 1 is 1.03 bits per heavy atom. The van der Waals surface area contributed by atoms with Crippen LogP contribution in [0.15, 0.2) is 48.5 Å². The topological polar surface area (TPSA) is 97.1 Å². The van der Waals surface area contributed by atoms with E-state index in [0.29, 0.717) is 38.8 Å². The molecule has 3 aliphatic rings. The number of primary amides is 1. The third-order valence-corrected chi connectivity index (χ3v) is 6.36. The standard InChI is InChI=1S/C25H30N4O4/c26-24(30)14-28-12-22-23(13-28)32-16-18-4-2-6-21(10-18)33-20-5-1-3-17(9-20)11-29(19-7-8-19)15-25(31)27-22/h1-6,9-10,19,22-23H,7-8,11-16H2,(H2,26,30)(H,27,31)/t22-,23-/m0/s1. The molecule has 33 heavy (non-hydrogen) atoms. The van der Waals surface area contributed by atoms with E-state index in [2.05, 4.69) is 16.3 Å². The first-order valence-corrected chi connectivity index (χ1v) is 11.5. The summed E-state index contributed by atoms with van der Waals surface area (Å²) in [5.41, 5.74) is 7.50. The molecule has 2 atom stereocenters. The van der Waals surface area contributed by atoms with Crippen molar-refractivity contribution >= 4 is 11.8 Å². The second-order valence-corrected chi connectivity index (χ2v) is 9.22. The molecule has 0 radical (unpaired) electrons. The highest BCUT2D eigenvalue weighted by molar-refractivity contribution is 5.79. The van der Waals surface area contributed by atoms with E-state index in [0.717, 1.165) is 35.5 Å². The van der Waals surface area contributed by atoms with E-state index in [1.807, 2.05) is 47.4 Å². The molecule has 0 aromatic heterocycles. The molecule has 3 N–H and O–H groups in total. The van der Waals surface area contributed by atoms with Crippen LogP contribution in [0.1, 0.15) is 24.0 Å². The molecule has 8 nitrogen and oxygen atoms in total. The van der Waals surface area contributed by atoms with Gasteiger partial charge in [0.1, 0.15) is 11.5 Å². The van der Waals surface area contributed by atoms with Gasteiger partial charge in [0.15, 0.2) is 0 Å². The number of hydrogen-bond donors (Lipinski definition) is 2. The van der Waals surface area contributed by atoms with Gasteiger partial charge in [0.2, 0.25) is 11.8 Å². The molecule has 0 spiro atoms. The third kappa shape index (κ3) is 5.71. The van der Waals surface area contributed by atoms with Crippen LogP contribution in [0.3, 0.4) is 0 Å². The average Bonchev–Trinajstić information content (AvgIpc) is 3.55. The molecule has 0 unspecified atom stereocenters. The normalized spacial score (nSPS) is 24.5. The van der Waals surface area contributed by atoms with Crippen LogP contribution in [0.4, 0.5) is 0 Å². The van der Waals surface area contributed by atoms with Crippen LogP contribution in [0.2, 0.25) is 0 Å². The number of hydrogen-bond acceptors (Lipinski definition) is 6. The number of nitrogens with zero attached hydrogens (tertiary/aromatic N) is 2. The smallest absolute Gasteiger partial charge is 0.234 e. The van der Waals surface area contributed by atoms with Crippen molar-refractivity contribution in [1.29, 1.82) is 0 Å². The lowest BCUT2D eigenvalue weighted by Crippen LogP contribution is -2.48. The van der Waals surface area contributed by atoms with Crippen molar-refractivity contribution in [3.8, 4) is 11.5 Å². The summed E-state index contributed by atoms with van der Waals surface area (Å²) in [6, 6.07) is 16.1. The Bertz CT molecular complexity index is 1020. The van der Waals surface area contributed by atoms with E-state index in [1.165, 1.54) is 0 Å². The molecule has 174 valence electrons. The monoisotopic (exact) mass is 450 g/mol. The first kappa shape index (κ1) is 21.9. The zero-order chi connectivity index (χ0) is 22.8. The quantitative estimate of drug-likeness (QED) is 0.738. The molecule has 1 aliphatic carbocycles. The molecular weight excluding hydrogens is 420 g/mol. The van der Waals surface area contributed by atoms with Crippen molar-refractivity contribution in [2.75, 3.05) is 26.2 Å². The summed E-state index contributed by atoms with van der Waals surface area (Å²) in [4.78, 5) is 28.6. The molecule has 1 saturated carbocycles. The minimum Gasteiger partial charge on any atom is -0.457 e. The van der Waals surface area contributed by atoms with E-state index >= 15 is 0 Å². The van der Waals surface area contributed by atoms with Crippen LogP contribution >= 0.6 is 0 Å². The predicted octanol–water partition coefficient (Wildman–Crippen LogP) is 1.63. The van der Waals surface area contributed by atoms with Gasteiger partial charge in [0.25, 0.3) is 0 Å². The molecule has 2 fully saturated rings. The van der Waals surface area contributed by atoms with Crippen LogP contribution in [0, 0.1) is 0 Å². The van der Waals surface area contributed by atoms with E-state index in [9.17, 15) is 9.59 Å². The number of nitrogens with one attached hydrogen (secondary N) is 1. The minimum atomic E-state index is -0.384. The van der Waals surface area contributed by atoms with Gasteiger partial charge < -0.3 is 20.5 Å². The fraction of sp³-hybridized carbons (Fsp3) is 0.440. The molecule has 2 aromatic carbocycles. The van der Waals surface area contributed by atoms with Crippen LogP contribution in [-0.2, 0) is 27.5 Å². The summed E-state index contributed by atoms with van der Waals surface area (Å²) < 4.78 is 12.3. The molecule has 2 amide bonds. The molecule has 2 aliphatic heterocycles. The summed E-state index contributed by atoms with van der Waals surface area (Å²) >= 11 is 0. The molecule has 5 rings (SSSR count). The highest BCUT2D eigenvalue weighted by atomic mass is 16.5. The fourth-order valence-corrected chi connectivity index (χ4v) is 4.68. The van der Waals surface area contributed by atoms with Crippen molar-refractivity contribution < 1.29 is 19.1 Å². The molecule has 2 aromatic rings. The second kappa shape index (κ2) is 9.51. The van der Waals surface area contributed by atoms with Crippen LogP contribution in [-0.4, -0.2) is 66.0 Å². The van der Waals surface area contributed by atoms with Crippen LogP contribution in [0.5, 0.6) is 11.5 Å². The molecule has 8 heteroatoms. The highest BCUT2D eigenvalue weighted by Gasteiger charge is 2.36. The van der Waals surface area contributed by atoms with E-state index < -0.39 is 0 Å². The van der Waals surface area contributed by atoms with Gasteiger partial charge in [-0.05, 0) is 48.2 Å². The third-order valence-electron chi connectivity index (χ3n) is 6.36. The number of fused-ring (bicyclic) bond motifs is 5. The fourth-order valence-electron chi connectivity index (χ4n) is 4.68. The van der Waals surface area contributed by atoms with Crippen molar-refractivity contribution in [2.24, 2.45) is 5.73 Å². The Hall–Kier alpha value is -2.94. The number of nitrogens with two attached hydrogens (primary N) is 1. The largest absolute Gasteiger partial charge is 0.457 e. The zero-order valence-electron chi connectivity index (χ0n) is 18.6. The molecular formula is C25H30N4O4. The number of amides is 2. The zero-order valence-corrected chi connectivity index (χ0v) is 18.6. The predicted molar refractivity (Wildman–Crippen MR) is 123 cm³/mol. The summed E-state index contributed by atoms with van der Waals surface area (Å²) in [5, 5.41) is 3.17. The lowest BCUT2D eigenvalue weighted by molar-refractivity contribution is -0.124. The van der Waals surface area contributed by atoms with Gasteiger partial charge >= 0.3 is 0 Å². The first-order valence-electron chi connectivity index (χ1n) is 11.5. The maximum atomic E-state index is 13.0. The Morgan fingerprint density at radius 2 is 1.76 bits per heavy atom. The van der Waals surface area contributed by atoms with Crippen molar-refractivity contribution in [2.45, 2.75) is 44.2 Å². The van der Waals surface area contributed by atoms with Gasteiger partial charge in [-0.15, -0.1) is 0 Å². The van der Waals surface area contributed by atoms with E-state index in [4.69, 9.17) is 15.2 Å².